The number of aliphatic hydroxyl groups excluding tert-OH is 1. The minimum absolute atomic E-state index is 0.240. The van der Waals surface area contributed by atoms with Crippen LogP contribution in [0.25, 0.3) is 0 Å². The summed E-state index contributed by atoms with van der Waals surface area (Å²) in [6.45, 7) is 3.20. The highest BCUT2D eigenvalue weighted by molar-refractivity contribution is 5.66. The minimum Gasteiger partial charge on any atom is -0.481 e. The Balaban J connectivity index is 3.44. The summed E-state index contributed by atoms with van der Waals surface area (Å²) < 4.78 is 0. The van der Waals surface area contributed by atoms with Gasteiger partial charge in [0.1, 0.15) is 0 Å². The van der Waals surface area contributed by atoms with Crippen LogP contribution in [0.5, 0.6) is 0 Å². The fourth-order valence-corrected chi connectivity index (χ4v) is 4.17. The molecule has 0 rings (SSSR count). The molecule has 0 radical (unpaired) electrons. The van der Waals surface area contributed by atoms with Crippen molar-refractivity contribution in [1.29, 1.82) is 0 Å². The van der Waals surface area contributed by atoms with E-state index in [4.69, 9.17) is 10.2 Å². The van der Waals surface area contributed by atoms with E-state index in [0.29, 0.717) is 12.8 Å². The molecular formula is C26H51NO5. The molecule has 0 unspecified atom stereocenters. The Morgan fingerprint density at radius 1 is 0.438 bits per heavy atom. The van der Waals surface area contributed by atoms with Gasteiger partial charge in [0.15, 0.2) is 0 Å². The lowest BCUT2D eigenvalue weighted by Crippen LogP contribution is -2.29. The Morgan fingerprint density at radius 3 is 1.00 bits per heavy atom. The summed E-state index contributed by atoms with van der Waals surface area (Å²) >= 11 is 0. The van der Waals surface area contributed by atoms with Crippen molar-refractivity contribution in [3.8, 4) is 0 Å². The molecule has 32 heavy (non-hydrogen) atoms. The monoisotopic (exact) mass is 457 g/mol. The van der Waals surface area contributed by atoms with E-state index in [1.54, 1.807) is 0 Å². The molecule has 190 valence electrons. The number of rotatable bonds is 26. The Hall–Kier alpha value is -1.14. The van der Waals surface area contributed by atoms with Gasteiger partial charge in [-0.05, 0) is 38.8 Å². The van der Waals surface area contributed by atoms with E-state index in [1.807, 2.05) is 0 Å². The molecule has 0 atom stereocenters. The normalized spacial score (nSPS) is 11.3. The Kier molecular flexibility index (Phi) is 23.6. The molecule has 0 aliphatic carbocycles. The number of unbranched alkanes of at least 4 members (excludes halogenated alkanes) is 16. The maximum Gasteiger partial charge on any atom is 0.303 e. The summed E-state index contributed by atoms with van der Waals surface area (Å²) in [5.74, 6) is -1.36. The SMILES string of the molecule is O=C(O)CCCCCCCCCCCN(CCO)CCCCCCCCCCCC(=O)O. The lowest BCUT2D eigenvalue weighted by molar-refractivity contribution is -0.138. The van der Waals surface area contributed by atoms with Crippen LogP contribution in [0.3, 0.4) is 0 Å². The van der Waals surface area contributed by atoms with Gasteiger partial charge in [0.25, 0.3) is 0 Å². The molecule has 0 aliphatic heterocycles. The summed E-state index contributed by atoms with van der Waals surface area (Å²) in [4.78, 5) is 23.3. The molecule has 0 fully saturated rings. The van der Waals surface area contributed by atoms with Gasteiger partial charge in [0.05, 0.1) is 6.61 Å². The van der Waals surface area contributed by atoms with Crippen molar-refractivity contribution < 1.29 is 24.9 Å². The largest absolute Gasteiger partial charge is 0.481 e. The molecule has 0 aromatic rings. The third-order valence-corrected chi connectivity index (χ3v) is 6.15. The van der Waals surface area contributed by atoms with Gasteiger partial charge in [-0.15, -0.1) is 0 Å². The smallest absolute Gasteiger partial charge is 0.303 e. The summed E-state index contributed by atoms with van der Waals surface area (Å²) in [7, 11) is 0. The molecule has 0 aliphatic rings. The van der Waals surface area contributed by atoms with Crippen molar-refractivity contribution in [2.24, 2.45) is 0 Å². The molecule has 0 spiro atoms. The second-order valence-electron chi connectivity index (χ2n) is 9.22. The predicted molar refractivity (Wildman–Crippen MR) is 131 cm³/mol. The first-order valence-electron chi connectivity index (χ1n) is 13.3. The van der Waals surface area contributed by atoms with Crippen molar-refractivity contribution in [3.63, 3.8) is 0 Å². The number of nitrogens with zero attached hydrogens (tertiary/aromatic N) is 1. The van der Waals surface area contributed by atoms with Crippen LogP contribution in [-0.2, 0) is 9.59 Å². The fraction of sp³-hybridized carbons (Fsp3) is 0.923. The first kappa shape index (κ1) is 30.9. The molecule has 6 heteroatoms. The molecule has 3 N–H and O–H groups in total. The molecule has 0 heterocycles. The van der Waals surface area contributed by atoms with Gasteiger partial charge >= 0.3 is 11.9 Å². The van der Waals surface area contributed by atoms with Gasteiger partial charge in [0, 0.05) is 19.4 Å². The standard InChI is InChI=1S/C26H51NO5/c28-24-23-27(21-17-13-9-5-1-3-7-11-15-19-25(29)30)22-18-14-10-6-2-4-8-12-16-20-26(31)32/h28H,1-24H2,(H,29,30)(H,31,32). The number of carboxylic acids is 2. The van der Waals surface area contributed by atoms with E-state index in [-0.39, 0.29) is 6.61 Å². The number of carbonyl (C=O) groups is 2. The molecule has 0 aromatic carbocycles. The van der Waals surface area contributed by atoms with E-state index < -0.39 is 11.9 Å². The van der Waals surface area contributed by atoms with E-state index in [2.05, 4.69) is 4.90 Å². The molecule has 0 saturated heterocycles. The summed E-state index contributed by atoms with van der Waals surface area (Å²) in [5, 5.41) is 26.5. The third-order valence-electron chi connectivity index (χ3n) is 6.15. The summed E-state index contributed by atoms with van der Waals surface area (Å²) in [5.41, 5.74) is 0. The quantitative estimate of drug-likeness (QED) is 0.133. The minimum atomic E-state index is -0.682. The average Bonchev–Trinajstić information content (AvgIpc) is 2.75. The Bertz CT molecular complexity index is 394. The van der Waals surface area contributed by atoms with Crippen LogP contribution in [0.2, 0.25) is 0 Å². The maximum absolute atomic E-state index is 10.5. The highest BCUT2D eigenvalue weighted by Crippen LogP contribution is 2.13. The van der Waals surface area contributed by atoms with E-state index in [9.17, 15) is 14.7 Å². The van der Waals surface area contributed by atoms with E-state index in [0.717, 1.165) is 58.2 Å². The zero-order valence-corrected chi connectivity index (χ0v) is 20.6. The van der Waals surface area contributed by atoms with Crippen LogP contribution >= 0.6 is 0 Å². The van der Waals surface area contributed by atoms with Gasteiger partial charge in [-0.3, -0.25) is 9.59 Å². The molecule has 0 aromatic heterocycles. The van der Waals surface area contributed by atoms with Crippen LogP contribution in [0, 0.1) is 0 Å². The highest BCUT2D eigenvalue weighted by Gasteiger charge is 2.04. The third kappa shape index (κ3) is 25.1. The van der Waals surface area contributed by atoms with E-state index in [1.165, 1.54) is 77.0 Å². The lowest BCUT2D eigenvalue weighted by atomic mass is 10.1. The van der Waals surface area contributed by atoms with Crippen LogP contribution in [0.1, 0.15) is 128 Å². The Morgan fingerprint density at radius 2 is 0.719 bits per heavy atom. The Labute approximate surface area is 196 Å². The number of hydrogen-bond acceptors (Lipinski definition) is 4. The number of aliphatic hydroxyl groups is 1. The first-order valence-corrected chi connectivity index (χ1v) is 13.3. The zero-order chi connectivity index (χ0) is 23.7. The van der Waals surface area contributed by atoms with Gasteiger partial charge < -0.3 is 20.2 Å². The lowest BCUT2D eigenvalue weighted by Gasteiger charge is -2.21. The van der Waals surface area contributed by atoms with Crippen molar-refractivity contribution in [3.05, 3.63) is 0 Å². The molecule has 0 amide bonds. The van der Waals surface area contributed by atoms with Gasteiger partial charge in [-0.25, -0.2) is 0 Å². The second kappa shape index (κ2) is 24.5. The van der Waals surface area contributed by atoms with Crippen LogP contribution in [-0.4, -0.2) is 58.4 Å². The number of aliphatic carboxylic acids is 2. The van der Waals surface area contributed by atoms with Crippen molar-refractivity contribution >= 4 is 11.9 Å². The van der Waals surface area contributed by atoms with Gasteiger partial charge in [-0.2, -0.15) is 0 Å². The summed E-state index contributed by atoms with van der Waals surface area (Å²) in [6, 6.07) is 0. The average molecular weight is 458 g/mol. The number of hydrogen-bond donors (Lipinski definition) is 3. The van der Waals surface area contributed by atoms with Crippen molar-refractivity contribution in [1.82, 2.24) is 4.90 Å². The van der Waals surface area contributed by atoms with Gasteiger partial charge in [0.2, 0.25) is 0 Å². The summed E-state index contributed by atoms with van der Waals surface area (Å²) in [6.07, 6.45) is 21.6. The first-order chi connectivity index (χ1) is 15.6. The van der Waals surface area contributed by atoms with Crippen LogP contribution < -0.4 is 0 Å². The fourth-order valence-electron chi connectivity index (χ4n) is 4.17. The molecular weight excluding hydrogens is 406 g/mol. The van der Waals surface area contributed by atoms with Crippen molar-refractivity contribution in [2.45, 2.75) is 128 Å². The highest BCUT2D eigenvalue weighted by atomic mass is 16.4. The predicted octanol–water partition coefficient (Wildman–Crippen LogP) is 6.25. The topological polar surface area (TPSA) is 98.1 Å². The molecule has 6 nitrogen and oxygen atoms in total. The molecule has 0 saturated carbocycles. The van der Waals surface area contributed by atoms with Crippen LogP contribution in [0.15, 0.2) is 0 Å². The zero-order valence-electron chi connectivity index (χ0n) is 20.6. The van der Waals surface area contributed by atoms with Crippen molar-refractivity contribution in [2.75, 3.05) is 26.2 Å². The van der Waals surface area contributed by atoms with Gasteiger partial charge in [-0.1, -0.05) is 89.9 Å². The maximum atomic E-state index is 10.5. The second-order valence-corrected chi connectivity index (χ2v) is 9.22. The van der Waals surface area contributed by atoms with Crippen LogP contribution in [0.4, 0.5) is 0 Å². The number of carboxylic acid groups (broad SMARTS) is 2. The molecule has 0 bridgehead atoms. The van der Waals surface area contributed by atoms with E-state index >= 15 is 0 Å².